The van der Waals surface area contributed by atoms with Gasteiger partial charge >= 0.3 is 0 Å². The smallest absolute Gasteiger partial charge is 0.240 e. The van der Waals surface area contributed by atoms with Crippen molar-refractivity contribution in [3.63, 3.8) is 0 Å². The van der Waals surface area contributed by atoms with Crippen LogP contribution in [0.5, 0.6) is 0 Å². The SMILES string of the molecule is C[C@@H]1[C@H](C)CCC[C@H]1NC(=O)CN1C(=O)CSc2ccccc21. The zero-order valence-corrected chi connectivity index (χ0v) is 14.6. The number of amides is 2. The molecule has 1 aliphatic carbocycles. The van der Waals surface area contributed by atoms with Crippen LogP contribution in [0.1, 0.15) is 33.1 Å². The molecule has 124 valence electrons. The molecule has 1 fully saturated rings. The number of carbonyl (C=O) groups is 2. The Morgan fingerprint density at radius 2 is 2.09 bits per heavy atom. The summed E-state index contributed by atoms with van der Waals surface area (Å²) in [4.78, 5) is 27.4. The first-order valence-corrected chi connectivity index (χ1v) is 9.36. The van der Waals surface area contributed by atoms with E-state index in [0.29, 0.717) is 17.6 Å². The number of carbonyl (C=O) groups excluding carboxylic acids is 2. The summed E-state index contributed by atoms with van der Waals surface area (Å²) >= 11 is 1.54. The topological polar surface area (TPSA) is 49.4 Å². The Morgan fingerprint density at radius 1 is 1.30 bits per heavy atom. The molecular weight excluding hydrogens is 308 g/mol. The average molecular weight is 332 g/mol. The third kappa shape index (κ3) is 3.55. The lowest BCUT2D eigenvalue weighted by Crippen LogP contribution is -2.49. The predicted molar refractivity (Wildman–Crippen MR) is 93.6 cm³/mol. The van der Waals surface area contributed by atoms with E-state index in [0.717, 1.165) is 17.0 Å². The molecule has 1 aromatic carbocycles. The Morgan fingerprint density at radius 3 is 2.91 bits per heavy atom. The van der Waals surface area contributed by atoms with Gasteiger partial charge < -0.3 is 10.2 Å². The van der Waals surface area contributed by atoms with Crippen molar-refractivity contribution in [3.8, 4) is 0 Å². The van der Waals surface area contributed by atoms with Crippen molar-refractivity contribution in [1.29, 1.82) is 0 Å². The van der Waals surface area contributed by atoms with Gasteiger partial charge in [0, 0.05) is 10.9 Å². The summed E-state index contributed by atoms with van der Waals surface area (Å²) in [7, 11) is 0. The third-order valence-electron chi connectivity index (χ3n) is 5.16. The first-order chi connectivity index (χ1) is 11.1. The molecule has 1 aliphatic heterocycles. The van der Waals surface area contributed by atoms with Crippen LogP contribution in [0.25, 0.3) is 0 Å². The number of hydrogen-bond acceptors (Lipinski definition) is 3. The van der Waals surface area contributed by atoms with Gasteiger partial charge in [0.15, 0.2) is 0 Å². The monoisotopic (exact) mass is 332 g/mol. The molecule has 2 amide bonds. The van der Waals surface area contributed by atoms with Crippen molar-refractivity contribution in [2.75, 3.05) is 17.2 Å². The van der Waals surface area contributed by atoms with Crippen molar-refractivity contribution < 1.29 is 9.59 Å². The highest BCUT2D eigenvalue weighted by atomic mass is 32.2. The molecule has 0 aromatic heterocycles. The zero-order valence-electron chi connectivity index (χ0n) is 13.7. The quantitative estimate of drug-likeness (QED) is 0.925. The van der Waals surface area contributed by atoms with Crippen molar-refractivity contribution in [1.82, 2.24) is 5.32 Å². The van der Waals surface area contributed by atoms with E-state index in [1.165, 1.54) is 12.8 Å². The number of nitrogens with zero attached hydrogens (tertiary/aromatic N) is 1. The van der Waals surface area contributed by atoms with Crippen molar-refractivity contribution in [2.45, 2.75) is 44.0 Å². The molecular formula is C18H24N2O2S. The second-order valence-electron chi connectivity index (χ2n) is 6.68. The molecule has 2 aliphatic rings. The largest absolute Gasteiger partial charge is 0.352 e. The molecule has 0 spiro atoms. The summed E-state index contributed by atoms with van der Waals surface area (Å²) in [5.74, 6) is 1.50. The predicted octanol–water partition coefficient (Wildman–Crippen LogP) is 3.07. The van der Waals surface area contributed by atoms with E-state index in [-0.39, 0.29) is 24.4 Å². The minimum absolute atomic E-state index is 0.00825. The highest BCUT2D eigenvalue weighted by molar-refractivity contribution is 8.00. The fourth-order valence-electron chi connectivity index (χ4n) is 3.51. The van der Waals surface area contributed by atoms with Gasteiger partial charge in [-0.05, 0) is 30.4 Å². The van der Waals surface area contributed by atoms with Crippen LogP contribution in [0.4, 0.5) is 5.69 Å². The molecule has 0 bridgehead atoms. The summed E-state index contributed by atoms with van der Waals surface area (Å²) in [6, 6.07) is 8.02. The second-order valence-corrected chi connectivity index (χ2v) is 7.69. The van der Waals surface area contributed by atoms with Gasteiger partial charge in [0.25, 0.3) is 0 Å². The van der Waals surface area contributed by atoms with E-state index in [9.17, 15) is 9.59 Å². The number of anilines is 1. The van der Waals surface area contributed by atoms with Crippen LogP contribution in [0, 0.1) is 11.8 Å². The Bertz CT molecular complexity index is 604. The molecule has 4 nitrogen and oxygen atoms in total. The lowest BCUT2D eigenvalue weighted by atomic mass is 9.78. The fraction of sp³-hybridized carbons (Fsp3) is 0.556. The molecule has 0 unspecified atom stereocenters. The van der Waals surface area contributed by atoms with Crippen LogP contribution in [0.15, 0.2) is 29.2 Å². The molecule has 3 atom stereocenters. The number of benzene rings is 1. The van der Waals surface area contributed by atoms with Crippen molar-refractivity contribution in [3.05, 3.63) is 24.3 Å². The van der Waals surface area contributed by atoms with Crippen LogP contribution in [-0.4, -0.2) is 30.2 Å². The van der Waals surface area contributed by atoms with Crippen LogP contribution in [0.2, 0.25) is 0 Å². The Kier molecular flexibility index (Phi) is 4.95. The highest BCUT2D eigenvalue weighted by Gasteiger charge is 2.30. The number of nitrogens with one attached hydrogen (secondary N) is 1. The standard InChI is InChI=1S/C18H24N2O2S/c1-12-6-5-7-14(13(12)2)19-17(21)10-20-15-8-3-4-9-16(15)23-11-18(20)22/h3-4,8-9,12-14H,5-7,10-11H2,1-2H3,(H,19,21)/t12-,13-,14-/m1/s1. The van der Waals surface area contributed by atoms with Gasteiger partial charge in [0.2, 0.25) is 11.8 Å². The van der Waals surface area contributed by atoms with Crippen molar-refractivity contribution in [2.24, 2.45) is 11.8 Å². The molecule has 3 rings (SSSR count). The molecule has 0 radical (unpaired) electrons. The minimum atomic E-state index is -0.0500. The van der Waals surface area contributed by atoms with E-state index in [1.807, 2.05) is 24.3 Å². The highest BCUT2D eigenvalue weighted by Crippen LogP contribution is 2.35. The maximum atomic E-state index is 12.5. The van der Waals surface area contributed by atoms with Crippen LogP contribution in [-0.2, 0) is 9.59 Å². The molecule has 1 aromatic rings. The Hall–Kier alpha value is -1.49. The lowest BCUT2D eigenvalue weighted by Gasteiger charge is -2.35. The number of fused-ring (bicyclic) bond motifs is 1. The molecule has 5 heteroatoms. The Balaban J connectivity index is 1.67. The molecule has 1 N–H and O–H groups in total. The van der Waals surface area contributed by atoms with Crippen LogP contribution in [0.3, 0.4) is 0 Å². The summed E-state index contributed by atoms with van der Waals surface area (Å²) in [6.07, 6.45) is 3.44. The van der Waals surface area contributed by atoms with E-state index >= 15 is 0 Å². The zero-order chi connectivity index (χ0) is 16.4. The van der Waals surface area contributed by atoms with E-state index < -0.39 is 0 Å². The number of thioether (sulfide) groups is 1. The number of rotatable bonds is 3. The van der Waals surface area contributed by atoms with Gasteiger partial charge in [-0.15, -0.1) is 11.8 Å². The summed E-state index contributed by atoms with van der Waals surface area (Å²) < 4.78 is 0. The molecule has 23 heavy (non-hydrogen) atoms. The van der Waals surface area contributed by atoms with Gasteiger partial charge in [0.05, 0.1) is 11.4 Å². The Labute approximate surface area is 142 Å². The van der Waals surface area contributed by atoms with Gasteiger partial charge in [-0.1, -0.05) is 38.8 Å². The van der Waals surface area contributed by atoms with Crippen LogP contribution >= 0.6 is 11.8 Å². The van der Waals surface area contributed by atoms with E-state index in [2.05, 4.69) is 19.2 Å². The molecule has 0 saturated heterocycles. The number of para-hydroxylation sites is 1. The van der Waals surface area contributed by atoms with Gasteiger partial charge in [-0.3, -0.25) is 9.59 Å². The van der Waals surface area contributed by atoms with Gasteiger partial charge in [-0.25, -0.2) is 0 Å². The maximum Gasteiger partial charge on any atom is 0.240 e. The summed E-state index contributed by atoms with van der Waals surface area (Å²) in [5, 5.41) is 3.16. The normalized spacial score (nSPS) is 27.5. The van der Waals surface area contributed by atoms with Gasteiger partial charge in [0.1, 0.15) is 6.54 Å². The molecule has 1 heterocycles. The minimum Gasteiger partial charge on any atom is -0.352 e. The molecule has 1 saturated carbocycles. The first kappa shape index (κ1) is 16.4. The first-order valence-electron chi connectivity index (χ1n) is 8.38. The average Bonchev–Trinajstić information content (AvgIpc) is 2.54. The van der Waals surface area contributed by atoms with E-state index in [1.54, 1.807) is 16.7 Å². The van der Waals surface area contributed by atoms with E-state index in [4.69, 9.17) is 0 Å². The maximum absolute atomic E-state index is 12.5. The summed E-state index contributed by atoms with van der Waals surface area (Å²) in [5.41, 5.74) is 0.856. The van der Waals surface area contributed by atoms with Gasteiger partial charge in [-0.2, -0.15) is 0 Å². The number of hydrogen-bond donors (Lipinski definition) is 1. The van der Waals surface area contributed by atoms with Crippen LogP contribution < -0.4 is 10.2 Å². The third-order valence-corrected chi connectivity index (χ3v) is 6.21. The second kappa shape index (κ2) is 6.95. The fourth-order valence-corrected chi connectivity index (χ4v) is 4.44. The lowest BCUT2D eigenvalue weighted by molar-refractivity contribution is -0.124. The van der Waals surface area contributed by atoms with Crippen molar-refractivity contribution >= 4 is 29.3 Å². The summed E-state index contributed by atoms with van der Waals surface area (Å²) in [6.45, 7) is 4.59.